The summed E-state index contributed by atoms with van der Waals surface area (Å²) in [7, 11) is -4.84. The van der Waals surface area contributed by atoms with E-state index in [2.05, 4.69) is 15.0 Å². The number of para-hydroxylation sites is 1. The van der Waals surface area contributed by atoms with Crippen molar-refractivity contribution in [1.29, 1.82) is 0 Å². The Hall–Kier alpha value is -3.45. The smallest absolute Gasteiger partial charge is 0.462 e. The molecule has 0 amide bonds. The SMILES string of the molecule is CC(C)OC(=O)[C@H](C)N(F)P(=O)(OC[C@@H]1/C(=C\F)[C@H](n2cnc3c(N)ncnc32)[C@H]1CO)Oc1ccccc1. The van der Waals surface area contributed by atoms with Crippen LogP contribution in [-0.2, 0) is 18.6 Å². The lowest BCUT2D eigenvalue weighted by molar-refractivity contribution is -0.156. The van der Waals surface area contributed by atoms with Gasteiger partial charge in [-0.05, 0) is 43.4 Å². The van der Waals surface area contributed by atoms with Crippen LogP contribution < -0.4 is 10.3 Å². The lowest BCUT2D eigenvalue weighted by Gasteiger charge is -2.46. The zero-order valence-corrected chi connectivity index (χ0v) is 22.3. The molecule has 1 aliphatic carbocycles. The first-order valence-electron chi connectivity index (χ1n) is 12.1. The molecule has 0 radical (unpaired) electrons. The van der Waals surface area contributed by atoms with E-state index in [1.54, 1.807) is 36.6 Å². The summed E-state index contributed by atoms with van der Waals surface area (Å²) >= 11 is 0. The molecule has 1 aliphatic rings. The Kier molecular flexibility index (Phi) is 8.60. The number of hydrogen-bond acceptors (Lipinski definition) is 10. The van der Waals surface area contributed by atoms with Gasteiger partial charge < -0.3 is 24.7 Å². The van der Waals surface area contributed by atoms with Crippen molar-refractivity contribution in [2.75, 3.05) is 18.9 Å². The highest BCUT2D eigenvalue weighted by Gasteiger charge is 2.50. The van der Waals surface area contributed by atoms with Gasteiger partial charge in [-0.25, -0.2) is 23.9 Å². The fourth-order valence-electron chi connectivity index (χ4n) is 4.39. The number of hydrogen-bond donors (Lipinski definition) is 2. The predicted molar refractivity (Wildman–Crippen MR) is 136 cm³/mol. The summed E-state index contributed by atoms with van der Waals surface area (Å²) in [5.41, 5.74) is 6.65. The maximum atomic E-state index is 15.5. The summed E-state index contributed by atoms with van der Waals surface area (Å²) in [6.07, 6.45) is 2.44. The maximum Gasteiger partial charge on any atom is 0.489 e. The second kappa shape index (κ2) is 11.7. The number of nitrogens with zero attached hydrogens (tertiary/aromatic N) is 5. The van der Waals surface area contributed by atoms with Crippen molar-refractivity contribution in [3.05, 3.63) is 54.9 Å². The monoisotopic (exact) mass is 566 g/mol. The second-order valence-electron chi connectivity index (χ2n) is 9.21. The average Bonchev–Trinajstić information content (AvgIpc) is 3.32. The fourth-order valence-corrected chi connectivity index (χ4v) is 5.88. The molecule has 2 aromatic heterocycles. The number of ether oxygens (including phenoxy) is 1. The summed E-state index contributed by atoms with van der Waals surface area (Å²) in [6.45, 7) is 3.39. The number of imidazole rings is 1. The summed E-state index contributed by atoms with van der Waals surface area (Å²) in [4.78, 5) is 24.2. The molecule has 0 bridgehead atoms. The van der Waals surface area contributed by atoms with E-state index in [9.17, 15) is 18.9 Å². The molecule has 15 heteroatoms. The van der Waals surface area contributed by atoms with Gasteiger partial charge in [0, 0.05) is 18.4 Å². The Morgan fingerprint density at radius 2 is 1.97 bits per heavy atom. The van der Waals surface area contributed by atoms with Crippen molar-refractivity contribution in [1.82, 2.24) is 24.4 Å². The number of esters is 1. The van der Waals surface area contributed by atoms with Crippen LogP contribution in [0.5, 0.6) is 5.75 Å². The van der Waals surface area contributed by atoms with Gasteiger partial charge in [0.2, 0.25) is 0 Å². The third-order valence-electron chi connectivity index (χ3n) is 6.34. The normalized spacial score (nSPS) is 22.6. The fraction of sp³-hybridized carbons (Fsp3) is 0.417. The molecule has 210 valence electrons. The molecular weight excluding hydrogens is 537 g/mol. The standard InChI is InChI=1S/C24H29F2N6O6P/c1-14(2)37-24(34)15(3)32(26)39(35,38-16-7-5-4-6-8-16)36-11-19-17(9-25)21(18(19)10-33)31-13-30-20-22(27)28-12-29-23(20)31/h4-9,12-15,18-19,21,33H,10-11H2,1-3H3,(H2,27,28,29)/b17-9+/t15-,18-,19+,21-,39?/m0/s1. The van der Waals surface area contributed by atoms with Crippen LogP contribution in [0.3, 0.4) is 0 Å². The highest BCUT2D eigenvalue weighted by atomic mass is 31.2. The van der Waals surface area contributed by atoms with Gasteiger partial charge >= 0.3 is 13.7 Å². The molecule has 5 atom stereocenters. The molecule has 12 nitrogen and oxygen atoms in total. The van der Waals surface area contributed by atoms with Gasteiger partial charge in [0.15, 0.2) is 11.5 Å². The number of anilines is 1. The molecule has 39 heavy (non-hydrogen) atoms. The average molecular weight is 567 g/mol. The Labute approximate surface area is 222 Å². The van der Waals surface area contributed by atoms with Gasteiger partial charge in [-0.15, -0.1) is 4.48 Å². The van der Waals surface area contributed by atoms with Crippen LogP contribution >= 0.6 is 7.75 Å². The Bertz CT molecular complexity index is 1390. The summed E-state index contributed by atoms with van der Waals surface area (Å²) in [6, 6.07) is 5.32. The number of fused-ring (bicyclic) bond motifs is 1. The number of nitrogens with two attached hydrogens (primary N) is 1. The number of carbonyl (C=O) groups excluding carboxylic acids is 1. The molecular formula is C24H29F2N6O6P. The highest BCUT2D eigenvalue weighted by Crippen LogP contribution is 2.57. The van der Waals surface area contributed by atoms with Crippen LogP contribution in [0.2, 0.25) is 0 Å². The Balaban J connectivity index is 1.58. The first-order valence-corrected chi connectivity index (χ1v) is 13.6. The van der Waals surface area contributed by atoms with Gasteiger partial charge in [-0.1, -0.05) is 18.2 Å². The first-order chi connectivity index (χ1) is 18.6. The maximum absolute atomic E-state index is 15.5. The minimum absolute atomic E-state index is 0.0153. The van der Waals surface area contributed by atoms with Gasteiger partial charge in [-0.2, -0.15) is 0 Å². The van der Waals surface area contributed by atoms with Crippen LogP contribution in [0, 0.1) is 11.8 Å². The van der Waals surface area contributed by atoms with Crippen LogP contribution in [-0.4, -0.2) is 60.8 Å². The van der Waals surface area contributed by atoms with E-state index in [1.165, 1.54) is 24.8 Å². The third-order valence-corrected chi connectivity index (χ3v) is 8.07. The predicted octanol–water partition coefficient (Wildman–Crippen LogP) is 3.77. The zero-order valence-electron chi connectivity index (χ0n) is 21.4. The number of nitrogen functional groups attached to an aromatic ring is 1. The zero-order chi connectivity index (χ0) is 28.3. The van der Waals surface area contributed by atoms with Gasteiger partial charge in [0.05, 0.1) is 31.4 Å². The van der Waals surface area contributed by atoms with Crippen molar-refractivity contribution in [3.63, 3.8) is 0 Å². The molecule has 1 aromatic carbocycles. The van der Waals surface area contributed by atoms with E-state index < -0.39 is 57.0 Å². The first kappa shape index (κ1) is 28.6. The van der Waals surface area contributed by atoms with Crippen molar-refractivity contribution in [2.24, 2.45) is 11.8 Å². The minimum atomic E-state index is -4.84. The number of carbonyl (C=O) groups is 1. The molecule has 3 aromatic rings. The van der Waals surface area contributed by atoms with Crippen molar-refractivity contribution in [3.8, 4) is 5.75 Å². The summed E-state index contributed by atoms with van der Waals surface area (Å²) in [5, 5.41) is 10.1. The van der Waals surface area contributed by atoms with Gasteiger partial charge in [0.25, 0.3) is 0 Å². The van der Waals surface area contributed by atoms with Crippen LogP contribution in [0.25, 0.3) is 11.2 Å². The van der Waals surface area contributed by atoms with E-state index in [0.717, 1.165) is 6.92 Å². The van der Waals surface area contributed by atoms with Crippen molar-refractivity contribution < 1.29 is 37.1 Å². The molecule has 3 N–H and O–H groups in total. The molecule has 1 saturated carbocycles. The molecule has 2 heterocycles. The van der Waals surface area contributed by atoms with E-state index >= 15 is 4.48 Å². The van der Waals surface area contributed by atoms with E-state index in [4.69, 9.17) is 19.5 Å². The van der Waals surface area contributed by atoms with Gasteiger partial charge in [-0.3, -0.25) is 9.32 Å². The number of halogens is 2. The number of benzene rings is 1. The number of aliphatic hydroxyl groups excluding tert-OH is 1. The van der Waals surface area contributed by atoms with Gasteiger partial charge in [0.1, 0.15) is 23.6 Å². The molecule has 1 fully saturated rings. The highest BCUT2D eigenvalue weighted by molar-refractivity contribution is 7.51. The van der Waals surface area contributed by atoms with Crippen LogP contribution in [0.1, 0.15) is 26.8 Å². The third kappa shape index (κ3) is 5.64. The van der Waals surface area contributed by atoms with E-state index in [0.29, 0.717) is 17.5 Å². The summed E-state index contributed by atoms with van der Waals surface area (Å²) in [5.74, 6) is -2.30. The lowest BCUT2D eigenvalue weighted by atomic mass is 9.66. The van der Waals surface area contributed by atoms with Crippen molar-refractivity contribution in [2.45, 2.75) is 39.0 Å². The quantitative estimate of drug-likeness (QED) is 0.198. The van der Waals surface area contributed by atoms with Crippen LogP contribution in [0.15, 0.2) is 54.9 Å². The number of aliphatic hydroxyl groups is 1. The Morgan fingerprint density at radius 3 is 2.62 bits per heavy atom. The molecule has 0 saturated heterocycles. The molecule has 4 rings (SSSR count). The minimum Gasteiger partial charge on any atom is -0.462 e. The topological polar surface area (TPSA) is 155 Å². The lowest BCUT2D eigenvalue weighted by Crippen LogP contribution is -2.46. The number of aromatic nitrogens is 4. The molecule has 0 aliphatic heterocycles. The van der Waals surface area contributed by atoms with E-state index in [1.807, 2.05) is 0 Å². The number of rotatable bonds is 11. The van der Waals surface area contributed by atoms with Crippen LogP contribution in [0.4, 0.5) is 14.7 Å². The second-order valence-corrected chi connectivity index (χ2v) is 11.0. The van der Waals surface area contributed by atoms with E-state index in [-0.39, 0.29) is 22.0 Å². The molecule has 0 spiro atoms. The largest absolute Gasteiger partial charge is 0.489 e. The molecule has 1 unspecified atom stereocenters. The van der Waals surface area contributed by atoms with Crippen molar-refractivity contribution >= 4 is 30.7 Å². The Morgan fingerprint density at radius 1 is 1.26 bits per heavy atom. The summed E-state index contributed by atoms with van der Waals surface area (Å²) < 4.78 is 60.9.